The van der Waals surface area contributed by atoms with E-state index in [9.17, 15) is 9.18 Å². The summed E-state index contributed by atoms with van der Waals surface area (Å²) in [6.07, 6.45) is 6.59. The summed E-state index contributed by atoms with van der Waals surface area (Å²) in [4.78, 5) is 24.5. The Kier molecular flexibility index (Phi) is 5.33. The molecule has 0 aliphatic carbocycles. The molecule has 3 N–H and O–H groups in total. The van der Waals surface area contributed by atoms with E-state index in [4.69, 9.17) is 0 Å². The van der Waals surface area contributed by atoms with Gasteiger partial charge in [-0.05, 0) is 48.9 Å². The fourth-order valence-electron chi connectivity index (χ4n) is 2.70. The van der Waals surface area contributed by atoms with Gasteiger partial charge in [0, 0.05) is 35.5 Å². The number of carbonyl (C=O) groups excluding carboxylic acids is 1. The molecule has 9 heteroatoms. The van der Waals surface area contributed by atoms with Gasteiger partial charge < -0.3 is 16.0 Å². The lowest BCUT2D eigenvalue weighted by atomic mass is 10.2. The fourth-order valence-corrected chi connectivity index (χ4v) is 2.70. The van der Waals surface area contributed by atoms with Gasteiger partial charge in [0.1, 0.15) is 30.1 Å². The van der Waals surface area contributed by atoms with Crippen molar-refractivity contribution < 1.29 is 9.18 Å². The molecule has 0 atom stereocenters. The smallest absolute Gasteiger partial charge is 0.323 e. The van der Waals surface area contributed by atoms with Gasteiger partial charge in [0.05, 0.1) is 0 Å². The van der Waals surface area contributed by atoms with Crippen molar-refractivity contribution in [2.24, 2.45) is 0 Å². The Bertz CT molecular complexity index is 1160. The first-order valence-corrected chi connectivity index (χ1v) is 9.08. The SMILES string of the molecule is Cc1ccc(NC(=O)Nc2ccc(Nc3cc(-n4ccnc4)ncn3)cc2)cc1F. The summed E-state index contributed by atoms with van der Waals surface area (Å²) in [5, 5.41) is 8.49. The number of aromatic nitrogens is 4. The van der Waals surface area contributed by atoms with Crippen molar-refractivity contribution in [3.05, 3.63) is 85.0 Å². The number of hydrogen-bond donors (Lipinski definition) is 3. The van der Waals surface area contributed by atoms with Crippen LogP contribution in [0.1, 0.15) is 5.56 Å². The van der Waals surface area contributed by atoms with Gasteiger partial charge in [-0.25, -0.2) is 24.1 Å². The van der Waals surface area contributed by atoms with Gasteiger partial charge in [0.15, 0.2) is 0 Å². The molecule has 0 aliphatic heterocycles. The predicted octanol–water partition coefficient (Wildman–Crippen LogP) is 4.50. The van der Waals surface area contributed by atoms with Gasteiger partial charge in [-0.2, -0.15) is 0 Å². The molecule has 0 bridgehead atoms. The summed E-state index contributed by atoms with van der Waals surface area (Å²) in [5.41, 5.74) is 2.28. The number of nitrogens with zero attached hydrogens (tertiary/aromatic N) is 4. The Morgan fingerprint density at radius 1 is 0.967 bits per heavy atom. The molecule has 0 spiro atoms. The molecule has 0 unspecified atom stereocenters. The third-order valence-corrected chi connectivity index (χ3v) is 4.27. The monoisotopic (exact) mass is 403 g/mol. The van der Waals surface area contributed by atoms with Crippen LogP contribution in [-0.2, 0) is 0 Å². The minimum atomic E-state index is -0.459. The first-order chi connectivity index (χ1) is 14.6. The molecule has 0 saturated carbocycles. The van der Waals surface area contributed by atoms with Crippen molar-refractivity contribution in [3.8, 4) is 5.82 Å². The maximum absolute atomic E-state index is 13.6. The van der Waals surface area contributed by atoms with E-state index in [0.717, 1.165) is 5.69 Å². The summed E-state index contributed by atoms with van der Waals surface area (Å²) in [6, 6.07) is 13.0. The molecular weight excluding hydrogens is 385 g/mol. The van der Waals surface area contributed by atoms with Gasteiger partial charge in [-0.1, -0.05) is 6.07 Å². The Labute approximate surface area is 171 Å². The number of hydrogen-bond acceptors (Lipinski definition) is 5. The van der Waals surface area contributed by atoms with Crippen LogP contribution in [0, 0.1) is 12.7 Å². The number of carbonyl (C=O) groups is 1. The van der Waals surface area contributed by atoms with Crippen molar-refractivity contribution in [1.82, 2.24) is 19.5 Å². The molecule has 30 heavy (non-hydrogen) atoms. The van der Waals surface area contributed by atoms with Crippen LogP contribution in [-0.4, -0.2) is 25.6 Å². The van der Waals surface area contributed by atoms with Crippen LogP contribution in [0.2, 0.25) is 0 Å². The summed E-state index contributed by atoms with van der Waals surface area (Å²) in [7, 11) is 0. The van der Waals surface area contributed by atoms with Crippen LogP contribution in [0.5, 0.6) is 0 Å². The molecule has 0 aliphatic rings. The zero-order valence-corrected chi connectivity index (χ0v) is 16.0. The maximum Gasteiger partial charge on any atom is 0.323 e. The molecule has 2 amide bonds. The lowest BCUT2D eigenvalue weighted by molar-refractivity contribution is 0.262. The van der Waals surface area contributed by atoms with Crippen LogP contribution in [0.4, 0.5) is 32.1 Å². The molecule has 4 aromatic rings. The number of imidazole rings is 1. The average molecular weight is 403 g/mol. The minimum absolute atomic E-state index is 0.371. The molecule has 150 valence electrons. The van der Waals surface area contributed by atoms with Crippen molar-refractivity contribution in [3.63, 3.8) is 0 Å². The summed E-state index contributed by atoms with van der Waals surface area (Å²) in [5.74, 6) is 0.935. The lowest BCUT2D eigenvalue weighted by Crippen LogP contribution is -2.19. The lowest BCUT2D eigenvalue weighted by Gasteiger charge is -2.10. The quantitative estimate of drug-likeness (QED) is 0.456. The topological polar surface area (TPSA) is 96.8 Å². The van der Waals surface area contributed by atoms with Gasteiger partial charge in [0.2, 0.25) is 0 Å². The average Bonchev–Trinajstić information content (AvgIpc) is 3.27. The summed E-state index contributed by atoms with van der Waals surface area (Å²) in [6.45, 7) is 1.66. The van der Waals surface area contributed by atoms with Crippen molar-refractivity contribution in [2.75, 3.05) is 16.0 Å². The number of aryl methyl sites for hydroxylation is 1. The number of rotatable bonds is 5. The Morgan fingerprint density at radius 3 is 2.43 bits per heavy atom. The normalized spacial score (nSPS) is 10.5. The molecule has 0 saturated heterocycles. The van der Waals surface area contributed by atoms with E-state index in [-0.39, 0.29) is 5.82 Å². The van der Waals surface area contributed by atoms with Gasteiger partial charge in [-0.15, -0.1) is 0 Å². The zero-order chi connectivity index (χ0) is 20.9. The van der Waals surface area contributed by atoms with E-state index in [1.807, 2.05) is 0 Å². The first kappa shape index (κ1) is 19.1. The maximum atomic E-state index is 13.6. The van der Waals surface area contributed by atoms with Gasteiger partial charge >= 0.3 is 6.03 Å². The second-order valence-electron chi connectivity index (χ2n) is 6.48. The molecule has 2 aromatic heterocycles. The molecule has 4 rings (SSSR count). The van der Waals surface area contributed by atoms with E-state index in [0.29, 0.717) is 28.6 Å². The number of amides is 2. The van der Waals surface area contributed by atoms with Crippen LogP contribution in [0.25, 0.3) is 5.82 Å². The van der Waals surface area contributed by atoms with Crippen molar-refractivity contribution >= 4 is 28.9 Å². The highest BCUT2D eigenvalue weighted by Crippen LogP contribution is 2.19. The Balaban J connectivity index is 1.37. The van der Waals surface area contributed by atoms with E-state index in [1.54, 1.807) is 72.7 Å². The van der Waals surface area contributed by atoms with E-state index < -0.39 is 6.03 Å². The fraction of sp³-hybridized carbons (Fsp3) is 0.0476. The van der Waals surface area contributed by atoms with Crippen LogP contribution in [0.15, 0.2) is 73.6 Å². The zero-order valence-electron chi connectivity index (χ0n) is 16.0. The highest BCUT2D eigenvalue weighted by molar-refractivity contribution is 5.99. The van der Waals surface area contributed by atoms with E-state index in [1.165, 1.54) is 12.4 Å². The summed E-state index contributed by atoms with van der Waals surface area (Å²) >= 11 is 0. The Morgan fingerprint density at radius 2 is 1.70 bits per heavy atom. The number of urea groups is 1. The van der Waals surface area contributed by atoms with Crippen LogP contribution < -0.4 is 16.0 Å². The molecule has 2 aromatic carbocycles. The molecule has 0 fully saturated rings. The van der Waals surface area contributed by atoms with Gasteiger partial charge in [0.25, 0.3) is 0 Å². The first-order valence-electron chi connectivity index (χ1n) is 9.08. The molecular formula is C21H18FN7O. The van der Waals surface area contributed by atoms with Crippen LogP contribution >= 0.6 is 0 Å². The van der Waals surface area contributed by atoms with Crippen molar-refractivity contribution in [1.29, 1.82) is 0 Å². The standard InChI is InChI=1S/C21H18FN7O/c1-14-2-3-17(10-18(14)22)28-21(30)27-16-6-4-15(5-7-16)26-19-11-20(25-12-24-19)29-9-8-23-13-29/h2-13H,1H3,(H,24,25,26)(H2,27,28,30). The van der Waals surface area contributed by atoms with Crippen LogP contribution in [0.3, 0.4) is 0 Å². The number of benzene rings is 2. The molecule has 0 radical (unpaired) electrons. The highest BCUT2D eigenvalue weighted by Gasteiger charge is 2.06. The second-order valence-corrected chi connectivity index (χ2v) is 6.48. The molecule has 8 nitrogen and oxygen atoms in total. The minimum Gasteiger partial charge on any atom is -0.340 e. The third-order valence-electron chi connectivity index (χ3n) is 4.27. The largest absolute Gasteiger partial charge is 0.340 e. The molecule has 2 heterocycles. The third kappa shape index (κ3) is 4.58. The highest BCUT2D eigenvalue weighted by atomic mass is 19.1. The number of anilines is 4. The summed E-state index contributed by atoms with van der Waals surface area (Å²) < 4.78 is 15.4. The second kappa shape index (κ2) is 8.39. The van der Waals surface area contributed by atoms with Gasteiger partial charge in [-0.3, -0.25) is 4.57 Å². The van der Waals surface area contributed by atoms with E-state index >= 15 is 0 Å². The van der Waals surface area contributed by atoms with E-state index in [2.05, 4.69) is 30.9 Å². The predicted molar refractivity (Wildman–Crippen MR) is 113 cm³/mol. The number of nitrogens with one attached hydrogen (secondary N) is 3. The number of halogens is 1. The van der Waals surface area contributed by atoms with Crippen molar-refractivity contribution in [2.45, 2.75) is 6.92 Å². The Hall–Kier alpha value is -4.27.